The summed E-state index contributed by atoms with van der Waals surface area (Å²) < 4.78 is 30.2. The monoisotopic (exact) mass is 365 g/mol. The number of anilines is 2. The molecular weight excluding hydrogens is 342 g/mol. The number of hydrogen-bond donors (Lipinski definition) is 1. The van der Waals surface area contributed by atoms with Gasteiger partial charge in [-0.2, -0.15) is 0 Å². The topological polar surface area (TPSA) is 92.5 Å². The lowest BCUT2D eigenvalue weighted by Gasteiger charge is -2.24. The van der Waals surface area contributed by atoms with Crippen molar-refractivity contribution in [2.45, 2.75) is 33.1 Å². The third-order valence-corrected chi connectivity index (χ3v) is 4.74. The summed E-state index contributed by atoms with van der Waals surface area (Å²) in [5.41, 5.74) is 1.46. The molecule has 1 heterocycles. The molecule has 7 nitrogen and oxygen atoms in total. The molecule has 0 spiro atoms. The maximum atomic E-state index is 12.2. The predicted octanol–water partition coefficient (Wildman–Crippen LogP) is 2.69. The molecule has 0 aliphatic heterocycles. The van der Waals surface area contributed by atoms with E-state index in [0.29, 0.717) is 11.4 Å². The Morgan fingerprint density at radius 3 is 2.28 bits per heavy atom. The quantitative estimate of drug-likeness (QED) is 0.879. The predicted molar refractivity (Wildman–Crippen MR) is 97.2 cm³/mol. The number of benzene rings is 1. The van der Waals surface area contributed by atoms with Crippen LogP contribution in [-0.2, 0) is 20.2 Å². The molecule has 8 heteroatoms. The summed E-state index contributed by atoms with van der Waals surface area (Å²) in [6, 6.07) is 8.70. The molecule has 0 fully saturated rings. The Morgan fingerprint density at radius 2 is 1.84 bits per heavy atom. The molecule has 2 rings (SSSR count). The Labute approximate surface area is 148 Å². The Balaban J connectivity index is 2.20. The molecule has 25 heavy (non-hydrogen) atoms. The van der Waals surface area contributed by atoms with Crippen molar-refractivity contribution in [3.63, 3.8) is 0 Å². The second-order valence-corrected chi connectivity index (χ2v) is 8.84. The zero-order valence-corrected chi connectivity index (χ0v) is 15.8. The van der Waals surface area contributed by atoms with Crippen molar-refractivity contribution in [2.24, 2.45) is 0 Å². The van der Waals surface area contributed by atoms with E-state index >= 15 is 0 Å². The maximum absolute atomic E-state index is 12.2. The number of nitrogens with one attached hydrogen (secondary N) is 1. The van der Waals surface area contributed by atoms with E-state index in [1.807, 2.05) is 12.1 Å². The summed E-state index contributed by atoms with van der Waals surface area (Å²) in [7, 11) is -3.62. The molecule has 2 aromatic rings. The fourth-order valence-corrected chi connectivity index (χ4v) is 3.12. The molecule has 0 aliphatic rings. The average molecular weight is 365 g/mol. The number of aryl methyl sites for hydroxylation is 1. The number of nitrogens with zero attached hydrogens (tertiary/aromatic N) is 2. The maximum Gasteiger partial charge on any atom is 0.246 e. The first kappa shape index (κ1) is 19.0. The van der Waals surface area contributed by atoms with E-state index < -0.39 is 15.9 Å². The summed E-state index contributed by atoms with van der Waals surface area (Å²) in [4.78, 5) is 12.2. The second kappa shape index (κ2) is 6.87. The van der Waals surface area contributed by atoms with Crippen LogP contribution in [0.3, 0.4) is 0 Å². The van der Waals surface area contributed by atoms with Crippen LogP contribution in [0, 0.1) is 6.92 Å². The molecule has 1 N–H and O–H groups in total. The summed E-state index contributed by atoms with van der Waals surface area (Å²) >= 11 is 0. The van der Waals surface area contributed by atoms with Crippen molar-refractivity contribution in [2.75, 3.05) is 22.4 Å². The fraction of sp³-hybridized carbons (Fsp3) is 0.412. The molecule has 0 saturated heterocycles. The summed E-state index contributed by atoms with van der Waals surface area (Å²) in [6.45, 7) is 7.57. The van der Waals surface area contributed by atoms with Crippen molar-refractivity contribution in [1.29, 1.82) is 0 Å². The van der Waals surface area contributed by atoms with Gasteiger partial charge in [0.05, 0.1) is 11.9 Å². The third-order valence-electron chi connectivity index (χ3n) is 3.60. The standard InChI is InChI=1S/C17H23N3O4S/c1-12-10-15(19-24-12)18-16(21)11-20(25(5,22)23)14-8-6-13(7-9-14)17(2,3)4/h6-10H,11H2,1-5H3,(H,18,19,21). The Bertz CT molecular complexity index is 849. The van der Waals surface area contributed by atoms with Crippen molar-refractivity contribution < 1.29 is 17.7 Å². The number of carbonyl (C=O) groups excluding carboxylic acids is 1. The molecular formula is C17H23N3O4S. The third kappa shape index (κ3) is 5.06. The van der Waals surface area contributed by atoms with Crippen molar-refractivity contribution in [3.8, 4) is 0 Å². The highest BCUT2D eigenvalue weighted by atomic mass is 32.2. The van der Waals surface area contributed by atoms with E-state index in [-0.39, 0.29) is 17.8 Å². The molecule has 0 unspecified atom stereocenters. The van der Waals surface area contributed by atoms with Gasteiger partial charge in [-0.05, 0) is 30.0 Å². The normalized spacial score (nSPS) is 12.0. The Hall–Kier alpha value is -2.35. The smallest absolute Gasteiger partial charge is 0.246 e. The SMILES string of the molecule is Cc1cc(NC(=O)CN(c2ccc(C(C)(C)C)cc2)S(C)(=O)=O)no1. The lowest BCUT2D eigenvalue weighted by atomic mass is 9.87. The molecule has 0 radical (unpaired) electrons. The molecule has 136 valence electrons. The molecule has 0 atom stereocenters. The summed E-state index contributed by atoms with van der Waals surface area (Å²) in [5, 5.41) is 6.18. The van der Waals surface area contributed by atoms with Gasteiger partial charge in [0.2, 0.25) is 15.9 Å². The summed E-state index contributed by atoms with van der Waals surface area (Å²) in [5.74, 6) is 0.297. The zero-order valence-electron chi connectivity index (χ0n) is 15.0. The molecule has 1 amide bonds. The van der Waals surface area contributed by atoms with Crippen LogP contribution < -0.4 is 9.62 Å². The van der Waals surface area contributed by atoms with Gasteiger partial charge in [-0.3, -0.25) is 9.10 Å². The van der Waals surface area contributed by atoms with Gasteiger partial charge in [0, 0.05) is 6.07 Å². The molecule has 0 bridgehead atoms. The first-order valence-electron chi connectivity index (χ1n) is 7.78. The largest absolute Gasteiger partial charge is 0.360 e. The highest BCUT2D eigenvalue weighted by Gasteiger charge is 2.22. The van der Waals surface area contributed by atoms with Crippen LogP contribution in [0.5, 0.6) is 0 Å². The average Bonchev–Trinajstić information content (AvgIpc) is 2.88. The van der Waals surface area contributed by atoms with Gasteiger partial charge in [-0.1, -0.05) is 38.1 Å². The van der Waals surface area contributed by atoms with E-state index in [9.17, 15) is 13.2 Å². The van der Waals surface area contributed by atoms with E-state index in [1.165, 1.54) is 0 Å². The van der Waals surface area contributed by atoms with Gasteiger partial charge < -0.3 is 9.84 Å². The van der Waals surface area contributed by atoms with Crippen LogP contribution in [0.4, 0.5) is 11.5 Å². The Kier molecular flexibility index (Phi) is 5.22. The van der Waals surface area contributed by atoms with Gasteiger partial charge in [0.25, 0.3) is 0 Å². The second-order valence-electron chi connectivity index (χ2n) is 6.94. The number of sulfonamides is 1. The number of carbonyl (C=O) groups is 1. The number of aromatic nitrogens is 1. The van der Waals surface area contributed by atoms with E-state index in [4.69, 9.17) is 4.52 Å². The van der Waals surface area contributed by atoms with Gasteiger partial charge >= 0.3 is 0 Å². The molecule has 1 aromatic heterocycles. The molecule has 0 saturated carbocycles. The van der Waals surface area contributed by atoms with Gasteiger partial charge in [0.1, 0.15) is 12.3 Å². The van der Waals surface area contributed by atoms with Crippen LogP contribution in [0.25, 0.3) is 0 Å². The first-order valence-corrected chi connectivity index (χ1v) is 9.63. The van der Waals surface area contributed by atoms with E-state index in [1.54, 1.807) is 25.1 Å². The lowest BCUT2D eigenvalue weighted by Crippen LogP contribution is -2.37. The minimum absolute atomic E-state index is 0.0450. The van der Waals surface area contributed by atoms with Crippen molar-refractivity contribution in [1.82, 2.24) is 5.16 Å². The molecule has 0 aliphatic carbocycles. The summed E-state index contributed by atoms with van der Waals surface area (Å²) in [6.07, 6.45) is 1.07. The highest BCUT2D eigenvalue weighted by Crippen LogP contribution is 2.26. The zero-order chi connectivity index (χ0) is 18.8. The van der Waals surface area contributed by atoms with E-state index in [0.717, 1.165) is 16.1 Å². The van der Waals surface area contributed by atoms with Gasteiger partial charge in [-0.25, -0.2) is 8.42 Å². The number of rotatable bonds is 5. The van der Waals surface area contributed by atoms with Gasteiger partial charge in [0.15, 0.2) is 5.82 Å². The highest BCUT2D eigenvalue weighted by molar-refractivity contribution is 7.92. The van der Waals surface area contributed by atoms with Crippen LogP contribution in [-0.4, -0.2) is 32.3 Å². The van der Waals surface area contributed by atoms with Crippen molar-refractivity contribution >= 4 is 27.4 Å². The minimum atomic E-state index is -3.62. The lowest BCUT2D eigenvalue weighted by molar-refractivity contribution is -0.114. The van der Waals surface area contributed by atoms with E-state index in [2.05, 4.69) is 31.2 Å². The van der Waals surface area contributed by atoms with Gasteiger partial charge in [-0.15, -0.1) is 0 Å². The van der Waals surface area contributed by atoms with Crippen LogP contribution in [0.15, 0.2) is 34.9 Å². The van der Waals surface area contributed by atoms with Crippen LogP contribution >= 0.6 is 0 Å². The number of amides is 1. The van der Waals surface area contributed by atoms with Crippen LogP contribution in [0.1, 0.15) is 32.1 Å². The number of hydrogen-bond acceptors (Lipinski definition) is 5. The van der Waals surface area contributed by atoms with Crippen LogP contribution in [0.2, 0.25) is 0 Å². The van der Waals surface area contributed by atoms with Crippen molar-refractivity contribution in [3.05, 3.63) is 41.7 Å². The first-order chi connectivity index (χ1) is 11.5. The molecule has 1 aromatic carbocycles. The fourth-order valence-electron chi connectivity index (χ4n) is 2.27. The minimum Gasteiger partial charge on any atom is -0.360 e. The Morgan fingerprint density at radius 1 is 1.24 bits per heavy atom.